The predicted molar refractivity (Wildman–Crippen MR) is 126 cm³/mol. The Hall–Kier alpha value is 0.920. The molecule has 0 fully saturated rings. The second kappa shape index (κ2) is 20.6. The number of hydrogen-bond donors (Lipinski definition) is 0. The van der Waals surface area contributed by atoms with Crippen LogP contribution in [-0.4, -0.2) is 23.4 Å². The van der Waals surface area contributed by atoms with E-state index < -0.39 is 0 Å². The van der Waals surface area contributed by atoms with Gasteiger partial charge in [0.1, 0.15) is 0 Å². The Bertz CT molecular complexity index is 273. The van der Waals surface area contributed by atoms with Crippen molar-refractivity contribution in [3.63, 3.8) is 0 Å². The molecule has 0 aliphatic rings. The Morgan fingerprint density at radius 2 is 1.12 bits per heavy atom. The van der Waals surface area contributed by atoms with Gasteiger partial charge in [-0.25, -0.2) is 0 Å². The molecular formula is C23H46Br2O. The summed E-state index contributed by atoms with van der Waals surface area (Å²) < 4.78 is 5.27. The summed E-state index contributed by atoms with van der Waals surface area (Å²) in [5.74, 6) is 0.921. The fraction of sp³-hybridized carbons (Fsp3) is 1.00. The van der Waals surface area contributed by atoms with Gasteiger partial charge < -0.3 is 4.74 Å². The van der Waals surface area contributed by atoms with Gasteiger partial charge in [-0.15, -0.1) is 0 Å². The number of rotatable bonds is 20. The Kier molecular flexibility index (Phi) is 21.4. The first-order chi connectivity index (χ1) is 12.6. The summed E-state index contributed by atoms with van der Waals surface area (Å²) in [5, 5.41) is 0. The van der Waals surface area contributed by atoms with Crippen LogP contribution in [0.4, 0.5) is 0 Å². The molecule has 0 rings (SSSR count). The van der Waals surface area contributed by atoms with Crippen LogP contribution in [0.3, 0.4) is 0 Å². The van der Waals surface area contributed by atoms with Crippen molar-refractivity contribution < 1.29 is 4.74 Å². The van der Waals surface area contributed by atoms with E-state index in [4.69, 9.17) is 4.74 Å². The van der Waals surface area contributed by atoms with Crippen LogP contribution in [0.2, 0.25) is 0 Å². The molecule has 0 aromatic carbocycles. The van der Waals surface area contributed by atoms with Gasteiger partial charge in [0.25, 0.3) is 0 Å². The first-order valence-electron chi connectivity index (χ1n) is 11.4. The maximum Gasteiger partial charge on any atom is 0.0462 e. The average Bonchev–Trinajstić information content (AvgIpc) is 2.64. The molecule has 0 saturated carbocycles. The highest BCUT2D eigenvalue weighted by atomic mass is 79.9. The number of unbranched alkanes of at least 4 members (excludes halogenated alkanes) is 5. The van der Waals surface area contributed by atoms with Crippen molar-refractivity contribution in [2.45, 2.75) is 126 Å². The van der Waals surface area contributed by atoms with Gasteiger partial charge in [-0.05, 0) is 44.4 Å². The number of halogens is 2. The SMILES string of the molecule is CCCCCC(Br)CCCCC(CCCCCC(Br)CC)CCCOC. The van der Waals surface area contributed by atoms with Gasteiger partial charge in [-0.3, -0.25) is 0 Å². The summed E-state index contributed by atoms with van der Waals surface area (Å²) in [6, 6.07) is 0. The molecule has 0 spiro atoms. The molecule has 0 N–H and O–H groups in total. The largest absolute Gasteiger partial charge is 0.385 e. The van der Waals surface area contributed by atoms with E-state index in [0.29, 0.717) is 0 Å². The van der Waals surface area contributed by atoms with Gasteiger partial charge in [0.05, 0.1) is 0 Å². The van der Waals surface area contributed by atoms with Crippen molar-refractivity contribution in [1.29, 1.82) is 0 Å². The fourth-order valence-corrected chi connectivity index (χ4v) is 4.66. The van der Waals surface area contributed by atoms with Crippen molar-refractivity contribution in [3.05, 3.63) is 0 Å². The minimum absolute atomic E-state index is 0.731. The second-order valence-electron chi connectivity index (χ2n) is 8.02. The highest BCUT2D eigenvalue weighted by Gasteiger charge is 2.10. The minimum Gasteiger partial charge on any atom is -0.385 e. The number of hydrogen-bond acceptors (Lipinski definition) is 1. The molecule has 0 amide bonds. The molecule has 0 aliphatic heterocycles. The first-order valence-corrected chi connectivity index (χ1v) is 13.2. The molecule has 0 saturated heterocycles. The third kappa shape index (κ3) is 18.3. The molecule has 1 nitrogen and oxygen atoms in total. The minimum atomic E-state index is 0.731. The van der Waals surface area contributed by atoms with Crippen LogP contribution in [-0.2, 0) is 4.74 Å². The van der Waals surface area contributed by atoms with Crippen molar-refractivity contribution in [3.8, 4) is 0 Å². The zero-order chi connectivity index (χ0) is 19.5. The Labute approximate surface area is 182 Å². The second-order valence-corrected chi connectivity index (χ2v) is 10.6. The molecule has 0 aliphatic carbocycles. The lowest BCUT2D eigenvalue weighted by atomic mass is 9.90. The lowest BCUT2D eigenvalue weighted by Crippen LogP contribution is -2.04. The highest BCUT2D eigenvalue weighted by molar-refractivity contribution is 9.09. The van der Waals surface area contributed by atoms with Crippen molar-refractivity contribution in [1.82, 2.24) is 0 Å². The summed E-state index contributed by atoms with van der Waals surface area (Å²) in [7, 11) is 1.83. The topological polar surface area (TPSA) is 9.23 Å². The molecule has 3 atom stereocenters. The third-order valence-corrected chi connectivity index (χ3v) is 7.56. The van der Waals surface area contributed by atoms with E-state index in [2.05, 4.69) is 45.7 Å². The molecule has 3 heteroatoms. The van der Waals surface area contributed by atoms with E-state index in [-0.39, 0.29) is 0 Å². The quantitative estimate of drug-likeness (QED) is 0.120. The molecule has 0 radical (unpaired) electrons. The monoisotopic (exact) mass is 496 g/mol. The molecule has 3 unspecified atom stereocenters. The van der Waals surface area contributed by atoms with E-state index in [9.17, 15) is 0 Å². The van der Waals surface area contributed by atoms with Crippen LogP contribution in [0.25, 0.3) is 0 Å². The maximum atomic E-state index is 5.27. The molecule has 0 aromatic rings. The summed E-state index contributed by atoms with van der Waals surface area (Å²) >= 11 is 7.64. The molecular weight excluding hydrogens is 452 g/mol. The Morgan fingerprint density at radius 1 is 0.615 bits per heavy atom. The van der Waals surface area contributed by atoms with Gasteiger partial charge in [-0.2, -0.15) is 0 Å². The summed E-state index contributed by atoms with van der Waals surface area (Å²) in [5.41, 5.74) is 0. The van der Waals surface area contributed by atoms with Crippen LogP contribution in [0.1, 0.15) is 117 Å². The molecule has 0 heterocycles. The third-order valence-electron chi connectivity index (χ3n) is 5.53. The van der Waals surface area contributed by atoms with E-state index in [0.717, 1.165) is 22.2 Å². The van der Waals surface area contributed by atoms with Crippen LogP contribution in [0.5, 0.6) is 0 Å². The summed E-state index contributed by atoms with van der Waals surface area (Å²) in [6.07, 6.45) is 21.9. The molecule has 0 aromatic heterocycles. The molecule has 0 bridgehead atoms. The fourth-order valence-electron chi connectivity index (χ4n) is 3.69. The molecule has 26 heavy (non-hydrogen) atoms. The smallest absolute Gasteiger partial charge is 0.0462 e. The van der Waals surface area contributed by atoms with Crippen LogP contribution >= 0.6 is 31.9 Å². The van der Waals surface area contributed by atoms with Crippen molar-refractivity contribution in [2.24, 2.45) is 5.92 Å². The Balaban J connectivity index is 3.84. The van der Waals surface area contributed by atoms with Crippen molar-refractivity contribution in [2.75, 3.05) is 13.7 Å². The van der Waals surface area contributed by atoms with Crippen LogP contribution in [0, 0.1) is 5.92 Å². The first kappa shape index (κ1) is 26.9. The summed E-state index contributed by atoms with van der Waals surface area (Å²) in [4.78, 5) is 1.48. The number of methoxy groups -OCH3 is 1. The van der Waals surface area contributed by atoms with Gasteiger partial charge in [0, 0.05) is 23.4 Å². The highest BCUT2D eigenvalue weighted by Crippen LogP contribution is 2.25. The zero-order valence-corrected chi connectivity index (χ0v) is 21.1. The zero-order valence-electron chi connectivity index (χ0n) is 17.9. The van der Waals surface area contributed by atoms with Gasteiger partial charge in [-0.1, -0.05) is 110 Å². The van der Waals surface area contributed by atoms with Gasteiger partial charge >= 0.3 is 0 Å². The number of ether oxygens (including phenoxy) is 1. The lowest BCUT2D eigenvalue weighted by Gasteiger charge is -2.17. The Morgan fingerprint density at radius 3 is 1.73 bits per heavy atom. The maximum absolute atomic E-state index is 5.27. The van der Waals surface area contributed by atoms with E-state index in [1.807, 2.05) is 7.11 Å². The lowest BCUT2D eigenvalue weighted by molar-refractivity contribution is 0.184. The molecule has 158 valence electrons. The summed E-state index contributed by atoms with van der Waals surface area (Å²) in [6.45, 7) is 5.49. The van der Waals surface area contributed by atoms with Crippen LogP contribution in [0.15, 0.2) is 0 Å². The predicted octanol–water partition coefficient (Wildman–Crippen LogP) is 9.06. The normalized spacial score (nSPS) is 15.1. The standard InChI is InChI=1S/C23H46Br2O/c1-4-6-8-18-23(25)19-12-11-15-21(16-13-20-26-3)14-9-7-10-17-22(24)5-2/h21-23H,4-20H2,1-3H3. The van der Waals surface area contributed by atoms with E-state index >= 15 is 0 Å². The van der Waals surface area contributed by atoms with Crippen molar-refractivity contribution >= 4 is 31.9 Å². The van der Waals surface area contributed by atoms with Crippen LogP contribution < -0.4 is 0 Å². The average molecular weight is 498 g/mol. The van der Waals surface area contributed by atoms with Gasteiger partial charge in [0.2, 0.25) is 0 Å². The number of alkyl halides is 2. The van der Waals surface area contributed by atoms with Gasteiger partial charge in [0.15, 0.2) is 0 Å². The van der Waals surface area contributed by atoms with E-state index in [1.54, 1.807) is 0 Å². The van der Waals surface area contributed by atoms with E-state index in [1.165, 1.54) is 103 Å².